The number of ether oxygens (including phenoxy) is 1. The summed E-state index contributed by atoms with van der Waals surface area (Å²) in [5.41, 5.74) is -0.0866. The van der Waals surface area contributed by atoms with Crippen LogP contribution in [0.1, 0.15) is 32.4 Å². The molecule has 96 valence electrons. The second-order valence-electron chi connectivity index (χ2n) is 5.13. The van der Waals surface area contributed by atoms with E-state index >= 15 is 0 Å². The average Bonchev–Trinajstić information content (AvgIpc) is 2.15. The van der Waals surface area contributed by atoms with Crippen molar-refractivity contribution in [3.63, 3.8) is 0 Å². The van der Waals surface area contributed by atoms with Crippen LogP contribution in [-0.4, -0.2) is 18.3 Å². The summed E-state index contributed by atoms with van der Waals surface area (Å²) in [7, 11) is 1.51. The van der Waals surface area contributed by atoms with Gasteiger partial charge in [-0.3, -0.25) is 0 Å². The zero-order valence-electron chi connectivity index (χ0n) is 10.5. The van der Waals surface area contributed by atoms with Gasteiger partial charge in [0.2, 0.25) is 0 Å². The molecule has 1 aromatic rings. The van der Waals surface area contributed by atoms with Crippen LogP contribution in [0.4, 0.5) is 4.39 Å². The summed E-state index contributed by atoms with van der Waals surface area (Å²) < 4.78 is 19.0. The molecule has 4 heteroatoms. The molecule has 1 N–H and O–H groups in total. The van der Waals surface area contributed by atoms with E-state index in [-0.39, 0.29) is 11.0 Å². The number of benzene rings is 1. The predicted molar refractivity (Wildman–Crippen MR) is 66.6 cm³/mol. The fourth-order valence-corrected chi connectivity index (χ4v) is 2.02. The van der Waals surface area contributed by atoms with E-state index in [1.165, 1.54) is 19.2 Å². The first kappa shape index (κ1) is 14.4. The maximum atomic E-state index is 13.7. The number of hydrogen-bond donors (Lipinski definition) is 1. The zero-order chi connectivity index (χ0) is 13.2. The van der Waals surface area contributed by atoms with E-state index < -0.39 is 18.0 Å². The molecule has 0 aliphatic heterocycles. The van der Waals surface area contributed by atoms with E-state index in [0.29, 0.717) is 5.02 Å². The second kappa shape index (κ2) is 5.34. The van der Waals surface area contributed by atoms with Gasteiger partial charge in [-0.1, -0.05) is 38.4 Å². The molecule has 2 nitrogen and oxygen atoms in total. The van der Waals surface area contributed by atoms with Crippen molar-refractivity contribution in [3.05, 3.63) is 34.6 Å². The van der Waals surface area contributed by atoms with Gasteiger partial charge in [-0.15, -0.1) is 0 Å². The molecule has 1 rings (SSSR count). The maximum absolute atomic E-state index is 13.7. The van der Waals surface area contributed by atoms with Crippen LogP contribution in [0.3, 0.4) is 0 Å². The van der Waals surface area contributed by atoms with E-state index in [4.69, 9.17) is 16.3 Å². The number of hydrogen-bond acceptors (Lipinski definition) is 2. The number of methoxy groups -OCH3 is 1. The smallest absolute Gasteiger partial charge is 0.130 e. The Bertz CT molecular complexity index is 387. The van der Waals surface area contributed by atoms with Gasteiger partial charge in [-0.2, -0.15) is 0 Å². The lowest BCUT2D eigenvalue weighted by Gasteiger charge is -2.33. The summed E-state index contributed by atoms with van der Waals surface area (Å²) in [4.78, 5) is 0. The highest BCUT2D eigenvalue weighted by Crippen LogP contribution is 2.33. The maximum Gasteiger partial charge on any atom is 0.130 e. The van der Waals surface area contributed by atoms with Crippen LogP contribution in [0.25, 0.3) is 0 Å². The normalized spacial score (nSPS) is 15.7. The van der Waals surface area contributed by atoms with Gasteiger partial charge in [0.1, 0.15) is 11.9 Å². The van der Waals surface area contributed by atoms with Crippen LogP contribution in [0, 0.1) is 11.2 Å². The highest BCUT2D eigenvalue weighted by molar-refractivity contribution is 6.30. The topological polar surface area (TPSA) is 29.5 Å². The summed E-state index contributed by atoms with van der Waals surface area (Å²) in [6.45, 7) is 5.79. The van der Waals surface area contributed by atoms with Gasteiger partial charge < -0.3 is 9.84 Å². The molecule has 2 atom stereocenters. The Balaban J connectivity index is 3.06. The van der Waals surface area contributed by atoms with Crippen molar-refractivity contribution in [2.24, 2.45) is 5.41 Å². The summed E-state index contributed by atoms with van der Waals surface area (Å²) in [5, 5.41) is 10.5. The van der Waals surface area contributed by atoms with E-state index in [2.05, 4.69) is 0 Å². The fourth-order valence-electron chi connectivity index (χ4n) is 1.86. The largest absolute Gasteiger partial charge is 0.386 e. The van der Waals surface area contributed by atoms with E-state index in [0.717, 1.165) is 0 Å². The number of rotatable bonds is 3. The lowest BCUT2D eigenvalue weighted by molar-refractivity contribution is -0.0735. The van der Waals surface area contributed by atoms with Crippen LogP contribution in [0.15, 0.2) is 18.2 Å². The summed E-state index contributed by atoms with van der Waals surface area (Å²) in [6.07, 6.45) is -1.50. The third-order valence-corrected chi connectivity index (χ3v) is 2.91. The minimum atomic E-state index is -1.02. The van der Waals surface area contributed by atoms with E-state index in [9.17, 15) is 9.50 Å². The Hall–Kier alpha value is -0.640. The Kier molecular flexibility index (Phi) is 4.53. The first-order chi connectivity index (χ1) is 7.77. The standard InChI is InChI=1S/C13H18ClFO2/c1-13(2,3)12(17-4)11(16)9-6-5-8(14)7-10(9)15/h5-7,11-12,16H,1-4H3. The van der Waals surface area contributed by atoms with Crippen molar-refractivity contribution in [3.8, 4) is 0 Å². The van der Waals surface area contributed by atoms with Crippen molar-refractivity contribution in [2.45, 2.75) is 33.0 Å². The molecular formula is C13H18ClFO2. The molecule has 0 radical (unpaired) electrons. The van der Waals surface area contributed by atoms with Crippen molar-refractivity contribution in [1.82, 2.24) is 0 Å². The molecule has 0 spiro atoms. The number of aliphatic hydroxyl groups excluding tert-OH is 1. The molecule has 0 heterocycles. The van der Waals surface area contributed by atoms with Gasteiger partial charge >= 0.3 is 0 Å². The highest BCUT2D eigenvalue weighted by atomic mass is 35.5. The number of halogens is 2. The van der Waals surface area contributed by atoms with Gasteiger partial charge in [0.05, 0.1) is 6.10 Å². The molecule has 17 heavy (non-hydrogen) atoms. The van der Waals surface area contributed by atoms with Crippen LogP contribution >= 0.6 is 11.6 Å². The van der Waals surface area contributed by atoms with Gasteiger partial charge in [0.25, 0.3) is 0 Å². The minimum absolute atomic E-state index is 0.205. The van der Waals surface area contributed by atoms with Crippen LogP contribution in [-0.2, 0) is 4.74 Å². The third kappa shape index (κ3) is 3.41. The minimum Gasteiger partial charge on any atom is -0.386 e. The Morgan fingerprint density at radius 2 is 1.94 bits per heavy atom. The first-order valence-corrected chi connectivity index (χ1v) is 5.81. The zero-order valence-corrected chi connectivity index (χ0v) is 11.3. The van der Waals surface area contributed by atoms with Crippen molar-refractivity contribution in [2.75, 3.05) is 7.11 Å². The molecule has 0 saturated carbocycles. The lowest BCUT2D eigenvalue weighted by atomic mass is 9.83. The van der Waals surface area contributed by atoms with E-state index in [1.807, 2.05) is 20.8 Å². The molecule has 0 aliphatic rings. The van der Waals surface area contributed by atoms with Crippen LogP contribution in [0.5, 0.6) is 0 Å². The Labute approximate surface area is 106 Å². The summed E-state index contributed by atoms with van der Waals surface area (Å²) in [6, 6.07) is 4.23. The highest BCUT2D eigenvalue weighted by Gasteiger charge is 2.33. The second-order valence-corrected chi connectivity index (χ2v) is 5.57. The molecule has 0 saturated heterocycles. The third-order valence-electron chi connectivity index (χ3n) is 2.68. The molecule has 1 aromatic carbocycles. The molecular weight excluding hydrogens is 243 g/mol. The quantitative estimate of drug-likeness (QED) is 0.900. The molecule has 0 fully saturated rings. The van der Waals surface area contributed by atoms with Crippen molar-refractivity contribution < 1.29 is 14.2 Å². The lowest BCUT2D eigenvalue weighted by Crippen LogP contribution is -2.34. The monoisotopic (exact) mass is 260 g/mol. The first-order valence-electron chi connectivity index (χ1n) is 5.43. The average molecular weight is 261 g/mol. The SMILES string of the molecule is COC(C(O)c1ccc(Cl)cc1F)C(C)(C)C. The molecule has 0 amide bonds. The predicted octanol–water partition coefficient (Wildman–Crippen LogP) is 3.57. The summed E-state index contributed by atoms with van der Waals surface area (Å²) >= 11 is 5.67. The molecule has 0 aromatic heterocycles. The van der Waals surface area contributed by atoms with Crippen molar-refractivity contribution in [1.29, 1.82) is 0 Å². The van der Waals surface area contributed by atoms with Gasteiger partial charge in [0.15, 0.2) is 0 Å². The van der Waals surface area contributed by atoms with Gasteiger partial charge in [-0.05, 0) is 17.5 Å². The van der Waals surface area contributed by atoms with Gasteiger partial charge in [0, 0.05) is 17.7 Å². The van der Waals surface area contributed by atoms with E-state index in [1.54, 1.807) is 6.07 Å². The fraction of sp³-hybridized carbons (Fsp3) is 0.538. The molecule has 0 aliphatic carbocycles. The Morgan fingerprint density at radius 1 is 1.35 bits per heavy atom. The van der Waals surface area contributed by atoms with Crippen molar-refractivity contribution >= 4 is 11.6 Å². The summed E-state index contributed by atoms with van der Waals surface area (Å²) in [5.74, 6) is -0.517. The molecule has 0 bridgehead atoms. The number of aliphatic hydroxyl groups is 1. The van der Waals surface area contributed by atoms with Crippen LogP contribution < -0.4 is 0 Å². The van der Waals surface area contributed by atoms with Crippen LogP contribution in [0.2, 0.25) is 5.02 Å². The Morgan fingerprint density at radius 3 is 2.35 bits per heavy atom. The molecule has 2 unspecified atom stereocenters. The van der Waals surface area contributed by atoms with Gasteiger partial charge in [-0.25, -0.2) is 4.39 Å².